The molecule has 1 amide bonds. The van der Waals surface area contributed by atoms with Crippen LogP contribution in [0, 0.1) is 0 Å². The summed E-state index contributed by atoms with van der Waals surface area (Å²) in [7, 11) is 0. The SMILES string of the molecule is CC(C)(C)OC(=O)c1ccc(C(=O)NC(CN)C2CCCn3cc(-c4ccc(C(=O)OC(C)(C)C)cc4)nc32)cc1. The Kier molecular flexibility index (Phi) is 8.68. The van der Waals surface area contributed by atoms with Gasteiger partial charge in [-0.05, 0) is 90.8 Å². The van der Waals surface area contributed by atoms with E-state index in [9.17, 15) is 14.4 Å². The number of ether oxygens (including phenoxy) is 2. The molecule has 0 saturated heterocycles. The van der Waals surface area contributed by atoms with Gasteiger partial charge in [-0.25, -0.2) is 14.6 Å². The fraction of sp³-hybridized carbons (Fsp3) is 0.438. The zero-order valence-corrected chi connectivity index (χ0v) is 24.7. The summed E-state index contributed by atoms with van der Waals surface area (Å²) in [4.78, 5) is 42.8. The normalized spacial score (nSPS) is 15.9. The van der Waals surface area contributed by atoms with Crippen LogP contribution in [0.5, 0.6) is 0 Å². The minimum Gasteiger partial charge on any atom is -0.456 e. The Hall–Kier alpha value is -3.98. The number of amides is 1. The molecular formula is C32H40N4O5. The molecule has 1 aliphatic heterocycles. The summed E-state index contributed by atoms with van der Waals surface area (Å²) >= 11 is 0. The van der Waals surface area contributed by atoms with Gasteiger partial charge in [0.25, 0.3) is 5.91 Å². The molecule has 4 rings (SSSR count). The zero-order valence-electron chi connectivity index (χ0n) is 24.7. The molecule has 0 spiro atoms. The number of aromatic nitrogens is 2. The monoisotopic (exact) mass is 560 g/mol. The molecule has 218 valence electrons. The van der Waals surface area contributed by atoms with Crippen molar-refractivity contribution in [1.82, 2.24) is 14.9 Å². The average molecular weight is 561 g/mol. The van der Waals surface area contributed by atoms with Crippen LogP contribution in [0.1, 0.15) is 97.2 Å². The van der Waals surface area contributed by atoms with E-state index in [1.54, 1.807) is 36.4 Å². The number of aryl methyl sites for hydroxylation is 1. The second kappa shape index (κ2) is 11.9. The first-order valence-electron chi connectivity index (χ1n) is 14.0. The lowest BCUT2D eigenvalue weighted by atomic mass is 9.90. The molecular weight excluding hydrogens is 520 g/mol. The minimum absolute atomic E-state index is 0.0616. The predicted molar refractivity (Wildman–Crippen MR) is 157 cm³/mol. The molecule has 0 bridgehead atoms. The van der Waals surface area contributed by atoms with Gasteiger partial charge >= 0.3 is 11.9 Å². The Morgan fingerprint density at radius 1 is 0.902 bits per heavy atom. The molecule has 0 aliphatic carbocycles. The van der Waals surface area contributed by atoms with Crippen molar-refractivity contribution in [1.29, 1.82) is 0 Å². The van der Waals surface area contributed by atoms with Crippen molar-refractivity contribution in [2.45, 2.75) is 84.1 Å². The van der Waals surface area contributed by atoms with Crippen molar-refractivity contribution < 1.29 is 23.9 Å². The maximum atomic E-state index is 13.1. The molecule has 3 aromatic rings. The van der Waals surface area contributed by atoms with Crippen molar-refractivity contribution >= 4 is 17.8 Å². The van der Waals surface area contributed by atoms with E-state index >= 15 is 0 Å². The number of rotatable bonds is 7. The van der Waals surface area contributed by atoms with Gasteiger partial charge in [-0.1, -0.05) is 12.1 Å². The first kappa shape index (κ1) is 30.0. The number of nitrogens with two attached hydrogens (primary N) is 1. The topological polar surface area (TPSA) is 126 Å². The second-order valence-electron chi connectivity index (χ2n) is 12.4. The first-order valence-corrected chi connectivity index (χ1v) is 14.0. The molecule has 2 unspecified atom stereocenters. The van der Waals surface area contributed by atoms with Gasteiger partial charge in [0.05, 0.1) is 22.9 Å². The van der Waals surface area contributed by atoms with E-state index in [0.29, 0.717) is 16.7 Å². The van der Waals surface area contributed by atoms with Crippen molar-refractivity contribution in [2.75, 3.05) is 6.54 Å². The van der Waals surface area contributed by atoms with Crippen LogP contribution in [-0.2, 0) is 16.0 Å². The maximum absolute atomic E-state index is 13.1. The molecule has 2 heterocycles. The summed E-state index contributed by atoms with van der Waals surface area (Å²) in [6, 6.07) is 13.3. The lowest BCUT2D eigenvalue weighted by Crippen LogP contribution is -2.45. The number of esters is 2. The van der Waals surface area contributed by atoms with E-state index in [1.165, 1.54) is 0 Å². The van der Waals surface area contributed by atoms with E-state index < -0.39 is 17.2 Å². The second-order valence-corrected chi connectivity index (χ2v) is 12.4. The summed E-state index contributed by atoms with van der Waals surface area (Å²) in [5, 5.41) is 3.08. The van der Waals surface area contributed by atoms with Crippen LogP contribution in [0.4, 0.5) is 0 Å². The summed E-state index contributed by atoms with van der Waals surface area (Å²) in [5.41, 5.74) is 7.97. The number of benzene rings is 2. The highest BCUT2D eigenvalue weighted by molar-refractivity contribution is 5.96. The van der Waals surface area contributed by atoms with E-state index in [2.05, 4.69) is 9.88 Å². The standard InChI is InChI=1S/C32H40N4O5/c1-31(2,3)40-29(38)22-13-9-20(10-14-22)26-19-36-17-7-8-24(27(36)34-26)25(18-33)35-28(37)21-11-15-23(16-12-21)30(39)41-32(4,5)6/h9-16,19,24-25H,7-8,17-18,33H2,1-6H3,(H,35,37). The number of hydrogen-bond acceptors (Lipinski definition) is 7. The van der Waals surface area contributed by atoms with Crippen LogP contribution in [-0.4, -0.2) is 51.2 Å². The van der Waals surface area contributed by atoms with E-state index in [4.69, 9.17) is 20.2 Å². The Balaban J connectivity index is 1.47. The number of nitrogens with zero attached hydrogens (tertiary/aromatic N) is 2. The third-order valence-corrected chi connectivity index (χ3v) is 6.71. The van der Waals surface area contributed by atoms with Gasteiger partial charge in [0.15, 0.2) is 0 Å². The van der Waals surface area contributed by atoms with Crippen LogP contribution in [0.2, 0.25) is 0 Å². The smallest absolute Gasteiger partial charge is 0.338 e. The molecule has 0 radical (unpaired) electrons. The Morgan fingerprint density at radius 2 is 1.41 bits per heavy atom. The number of hydrogen-bond donors (Lipinski definition) is 2. The highest BCUT2D eigenvalue weighted by Gasteiger charge is 2.31. The van der Waals surface area contributed by atoms with Gasteiger partial charge in [0, 0.05) is 36.3 Å². The summed E-state index contributed by atoms with van der Waals surface area (Å²) in [6.45, 7) is 12.0. The lowest BCUT2D eigenvalue weighted by Gasteiger charge is -2.30. The molecule has 41 heavy (non-hydrogen) atoms. The molecule has 9 nitrogen and oxygen atoms in total. The van der Waals surface area contributed by atoms with Gasteiger partial charge in [-0.2, -0.15) is 0 Å². The van der Waals surface area contributed by atoms with Crippen LogP contribution in [0.15, 0.2) is 54.7 Å². The van der Waals surface area contributed by atoms with Crippen molar-refractivity contribution in [3.63, 3.8) is 0 Å². The van der Waals surface area contributed by atoms with Crippen LogP contribution < -0.4 is 11.1 Å². The van der Waals surface area contributed by atoms with Crippen molar-refractivity contribution in [3.05, 3.63) is 77.2 Å². The number of carbonyl (C=O) groups excluding carboxylic acids is 3. The molecule has 0 saturated carbocycles. The molecule has 2 aromatic carbocycles. The minimum atomic E-state index is -0.601. The van der Waals surface area contributed by atoms with Gasteiger partial charge in [-0.15, -0.1) is 0 Å². The van der Waals surface area contributed by atoms with Crippen molar-refractivity contribution in [2.24, 2.45) is 5.73 Å². The Bertz CT molecular complexity index is 1400. The zero-order chi connectivity index (χ0) is 29.9. The third kappa shape index (κ3) is 7.61. The Morgan fingerprint density at radius 3 is 1.93 bits per heavy atom. The first-order chi connectivity index (χ1) is 19.2. The van der Waals surface area contributed by atoms with E-state index in [0.717, 1.165) is 36.5 Å². The van der Waals surface area contributed by atoms with E-state index in [1.807, 2.05) is 59.9 Å². The van der Waals surface area contributed by atoms with E-state index in [-0.39, 0.29) is 30.4 Å². The van der Waals surface area contributed by atoms with Gasteiger partial charge < -0.3 is 25.1 Å². The fourth-order valence-electron chi connectivity index (χ4n) is 4.82. The number of nitrogens with one attached hydrogen (secondary N) is 1. The quantitative estimate of drug-likeness (QED) is 0.385. The van der Waals surface area contributed by atoms with Crippen molar-refractivity contribution in [3.8, 4) is 11.3 Å². The summed E-state index contributed by atoms with van der Waals surface area (Å²) < 4.78 is 13.0. The summed E-state index contributed by atoms with van der Waals surface area (Å²) in [6.07, 6.45) is 3.78. The molecule has 1 aromatic heterocycles. The van der Waals surface area contributed by atoms with Gasteiger partial charge in [0.2, 0.25) is 0 Å². The fourth-order valence-corrected chi connectivity index (χ4v) is 4.82. The molecule has 0 fully saturated rings. The number of fused-ring (bicyclic) bond motifs is 1. The largest absolute Gasteiger partial charge is 0.456 e. The highest BCUT2D eigenvalue weighted by Crippen LogP contribution is 2.32. The van der Waals surface area contributed by atoms with Crippen LogP contribution in [0.25, 0.3) is 11.3 Å². The summed E-state index contributed by atoms with van der Waals surface area (Å²) in [5.74, 6) is -0.257. The molecule has 9 heteroatoms. The molecule has 2 atom stereocenters. The van der Waals surface area contributed by atoms with Gasteiger partial charge in [-0.3, -0.25) is 4.79 Å². The predicted octanol–water partition coefficient (Wildman–Crippen LogP) is 5.10. The van der Waals surface area contributed by atoms with Crippen LogP contribution >= 0.6 is 0 Å². The highest BCUT2D eigenvalue weighted by atomic mass is 16.6. The number of carbonyl (C=O) groups is 3. The molecule has 1 aliphatic rings. The third-order valence-electron chi connectivity index (χ3n) is 6.71. The average Bonchev–Trinajstić information content (AvgIpc) is 3.34. The molecule has 3 N–H and O–H groups in total. The number of imidazole rings is 1. The lowest BCUT2D eigenvalue weighted by molar-refractivity contribution is 0.00570. The van der Waals surface area contributed by atoms with Crippen LogP contribution in [0.3, 0.4) is 0 Å². The maximum Gasteiger partial charge on any atom is 0.338 e. The van der Waals surface area contributed by atoms with Gasteiger partial charge in [0.1, 0.15) is 17.0 Å². The Labute approximate surface area is 241 Å².